The second-order valence-electron chi connectivity index (χ2n) is 3.77. The van der Waals surface area contributed by atoms with Gasteiger partial charge >= 0.3 is 0 Å². The number of nitrogens with zero attached hydrogens (tertiary/aromatic N) is 4. The fourth-order valence-corrected chi connectivity index (χ4v) is 1.57. The summed E-state index contributed by atoms with van der Waals surface area (Å²) >= 11 is 0. The third-order valence-electron chi connectivity index (χ3n) is 2.59. The molecule has 0 spiro atoms. The van der Waals surface area contributed by atoms with Crippen molar-refractivity contribution in [1.82, 2.24) is 19.7 Å². The molecule has 1 atom stereocenters. The zero-order chi connectivity index (χ0) is 11.4. The first-order chi connectivity index (χ1) is 7.81. The third-order valence-corrected chi connectivity index (χ3v) is 2.59. The van der Waals surface area contributed by atoms with Crippen molar-refractivity contribution in [3.63, 3.8) is 0 Å². The van der Waals surface area contributed by atoms with E-state index in [9.17, 15) is 0 Å². The molecule has 5 nitrogen and oxygen atoms in total. The Bertz CT molecular complexity index is 420. The maximum Gasteiger partial charge on any atom is 0.155 e. The van der Waals surface area contributed by atoms with Crippen LogP contribution in [0.5, 0.6) is 0 Å². The molecule has 5 heteroatoms. The lowest BCUT2D eigenvalue weighted by Crippen LogP contribution is -2.05. The normalized spacial score (nSPS) is 12.6. The van der Waals surface area contributed by atoms with Crippen LogP contribution in [0.1, 0.15) is 24.8 Å². The minimum Gasteiger partial charge on any atom is -0.330 e. The summed E-state index contributed by atoms with van der Waals surface area (Å²) in [6.07, 6.45) is 5.97. The molecule has 0 aliphatic rings. The molecule has 0 aliphatic heterocycles. The van der Waals surface area contributed by atoms with E-state index in [0.29, 0.717) is 12.5 Å². The first-order valence-corrected chi connectivity index (χ1v) is 5.32. The van der Waals surface area contributed by atoms with Gasteiger partial charge in [0.15, 0.2) is 5.82 Å². The maximum atomic E-state index is 5.53. The van der Waals surface area contributed by atoms with Crippen LogP contribution in [-0.2, 0) is 0 Å². The van der Waals surface area contributed by atoms with E-state index in [1.54, 1.807) is 11.0 Å². The second kappa shape index (κ2) is 4.85. The first kappa shape index (κ1) is 10.8. The van der Waals surface area contributed by atoms with Gasteiger partial charge in [-0.15, -0.1) is 0 Å². The standard InChI is InChI=1S/C11H15N5/c1-9(4-5-12)10-2-3-11(14-6-10)16-8-13-7-15-16/h2-3,6-9H,4-5,12H2,1H3. The average molecular weight is 217 g/mol. The Morgan fingerprint density at radius 2 is 2.31 bits per heavy atom. The number of rotatable bonds is 4. The quantitative estimate of drug-likeness (QED) is 0.833. The SMILES string of the molecule is CC(CCN)c1ccc(-n2cncn2)nc1. The minimum atomic E-state index is 0.447. The van der Waals surface area contributed by atoms with E-state index in [-0.39, 0.29) is 0 Å². The van der Waals surface area contributed by atoms with Crippen LogP contribution in [0.25, 0.3) is 5.82 Å². The predicted molar refractivity (Wildman–Crippen MR) is 61.2 cm³/mol. The summed E-state index contributed by atoms with van der Waals surface area (Å²) in [5, 5.41) is 4.02. The Morgan fingerprint density at radius 3 is 2.88 bits per heavy atom. The summed E-state index contributed by atoms with van der Waals surface area (Å²) in [6, 6.07) is 4.00. The lowest BCUT2D eigenvalue weighted by molar-refractivity contribution is 0.685. The van der Waals surface area contributed by atoms with Gasteiger partial charge < -0.3 is 5.73 Å². The molecule has 84 valence electrons. The van der Waals surface area contributed by atoms with Crippen molar-refractivity contribution < 1.29 is 0 Å². The smallest absolute Gasteiger partial charge is 0.155 e. The molecule has 0 fully saturated rings. The molecule has 0 bridgehead atoms. The van der Waals surface area contributed by atoms with Gasteiger partial charge in [-0.3, -0.25) is 0 Å². The highest BCUT2D eigenvalue weighted by atomic mass is 15.3. The summed E-state index contributed by atoms with van der Waals surface area (Å²) in [6.45, 7) is 2.85. The lowest BCUT2D eigenvalue weighted by Gasteiger charge is -2.10. The lowest BCUT2D eigenvalue weighted by atomic mass is 10.00. The van der Waals surface area contributed by atoms with Gasteiger partial charge in [0.1, 0.15) is 12.7 Å². The molecule has 2 heterocycles. The zero-order valence-electron chi connectivity index (χ0n) is 9.24. The fourth-order valence-electron chi connectivity index (χ4n) is 1.57. The van der Waals surface area contributed by atoms with Gasteiger partial charge in [0.05, 0.1) is 0 Å². The fraction of sp³-hybridized carbons (Fsp3) is 0.364. The van der Waals surface area contributed by atoms with Crippen molar-refractivity contribution in [3.05, 3.63) is 36.5 Å². The van der Waals surface area contributed by atoms with E-state index in [2.05, 4.69) is 28.1 Å². The molecule has 0 radical (unpaired) electrons. The molecular weight excluding hydrogens is 202 g/mol. The predicted octanol–water partition coefficient (Wildman–Crippen LogP) is 1.11. The van der Waals surface area contributed by atoms with Crippen molar-refractivity contribution in [2.24, 2.45) is 5.73 Å². The summed E-state index contributed by atoms with van der Waals surface area (Å²) in [5.74, 6) is 1.23. The highest BCUT2D eigenvalue weighted by molar-refractivity contribution is 5.25. The highest BCUT2D eigenvalue weighted by Crippen LogP contribution is 2.17. The number of pyridine rings is 1. The molecule has 0 saturated carbocycles. The van der Waals surface area contributed by atoms with Gasteiger partial charge in [0, 0.05) is 6.20 Å². The average Bonchev–Trinajstić information content (AvgIpc) is 2.83. The van der Waals surface area contributed by atoms with Crippen LogP contribution in [0, 0.1) is 0 Å². The number of nitrogens with two attached hydrogens (primary N) is 1. The summed E-state index contributed by atoms with van der Waals surface area (Å²) in [5.41, 5.74) is 6.73. The van der Waals surface area contributed by atoms with E-state index in [1.807, 2.05) is 12.3 Å². The van der Waals surface area contributed by atoms with E-state index < -0.39 is 0 Å². The van der Waals surface area contributed by atoms with Gasteiger partial charge in [-0.25, -0.2) is 14.6 Å². The van der Waals surface area contributed by atoms with Gasteiger partial charge in [-0.05, 0) is 30.5 Å². The summed E-state index contributed by atoms with van der Waals surface area (Å²) in [7, 11) is 0. The van der Waals surface area contributed by atoms with E-state index in [4.69, 9.17) is 5.73 Å². The van der Waals surface area contributed by atoms with Crippen molar-refractivity contribution in [2.75, 3.05) is 6.54 Å². The van der Waals surface area contributed by atoms with E-state index in [1.165, 1.54) is 11.9 Å². The van der Waals surface area contributed by atoms with Crippen molar-refractivity contribution in [2.45, 2.75) is 19.3 Å². The molecule has 2 N–H and O–H groups in total. The molecule has 0 saturated heterocycles. The molecule has 0 aliphatic carbocycles. The van der Waals surface area contributed by atoms with Crippen molar-refractivity contribution in [1.29, 1.82) is 0 Å². The Balaban J connectivity index is 2.16. The van der Waals surface area contributed by atoms with Crippen LogP contribution in [0.15, 0.2) is 31.0 Å². The molecule has 0 amide bonds. The Kier molecular flexibility index (Phi) is 3.26. The molecule has 2 aromatic heterocycles. The maximum absolute atomic E-state index is 5.53. The number of hydrogen-bond donors (Lipinski definition) is 1. The second-order valence-corrected chi connectivity index (χ2v) is 3.77. The third kappa shape index (κ3) is 2.25. The van der Waals surface area contributed by atoms with Crippen molar-refractivity contribution in [3.8, 4) is 5.82 Å². The molecule has 0 aromatic carbocycles. The van der Waals surface area contributed by atoms with E-state index >= 15 is 0 Å². The largest absolute Gasteiger partial charge is 0.330 e. The van der Waals surface area contributed by atoms with Gasteiger partial charge in [-0.2, -0.15) is 5.10 Å². The van der Waals surface area contributed by atoms with Crippen LogP contribution in [0.3, 0.4) is 0 Å². The van der Waals surface area contributed by atoms with E-state index in [0.717, 1.165) is 12.2 Å². The van der Waals surface area contributed by atoms with Crippen molar-refractivity contribution >= 4 is 0 Å². The van der Waals surface area contributed by atoms with Crippen LogP contribution in [0.4, 0.5) is 0 Å². The Labute approximate surface area is 94.3 Å². The Morgan fingerprint density at radius 1 is 1.44 bits per heavy atom. The van der Waals surface area contributed by atoms with Crippen LogP contribution in [0.2, 0.25) is 0 Å². The molecular formula is C11H15N5. The van der Waals surface area contributed by atoms with Crippen LogP contribution in [-0.4, -0.2) is 26.3 Å². The van der Waals surface area contributed by atoms with Gasteiger partial charge in [-0.1, -0.05) is 13.0 Å². The van der Waals surface area contributed by atoms with Crippen LogP contribution < -0.4 is 5.73 Å². The monoisotopic (exact) mass is 217 g/mol. The molecule has 1 unspecified atom stereocenters. The highest BCUT2D eigenvalue weighted by Gasteiger charge is 2.05. The molecule has 2 aromatic rings. The number of hydrogen-bond acceptors (Lipinski definition) is 4. The summed E-state index contributed by atoms with van der Waals surface area (Å²) < 4.78 is 1.64. The summed E-state index contributed by atoms with van der Waals surface area (Å²) in [4.78, 5) is 8.22. The molecule has 2 rings (SSSR count). The zero-order valence-corrected chi connectivity index (χ0v) is 9.24. The van der Waals surface area contributed by atoms with Gasteiger partial charge in [0.25, 0.3) is 0 Å². The van der Waals surface area contributed by atoms with Crippen LogP contribution >= 0.6 is 0 Å². The van der Waals surface area contributed by atoms with Gasteiger partial charge in [0.2, 0.25) is 0 Å². The number of aromatic nitrogens is 4. The molecule has 16 heavy (non-hydrogen) atoms. The topological polar surface area (TPSA) is 69.6 Å². The first-order valence-electron chi connectivity index (χ1n) is 5.32. The Hall–Kier alpha value is -1.75. The minimum absolute atomic E-state index is 0.447.